The topological polar surface area (TPSA) is 37.8 Å². The lowest BCUT2D eigenvalue weighted by Crippen LogP contribution is -2.04. The summed E-state index contributed by atoms with van der Waals surface area (Å²) in [5.41, 5.74) is 0.224. The third-order valence-electron chi connectivity index (χ3n) is 2.10. The van der Waals surface area contributed by atoms with Gasteiger partial charge in [0.15, 0.2) is 5.15 Å². The summed E-state index contributed by atoms with van der Waals surface area (Å²) in [5, 5.41) is 10.4. The molecule has 0 amide bonds. The van der Waals surface area contributed by atoms with Gasteiger partial charge in [-0.1, -0.05) is 11.6 Å². The van der Waals surface area contributed by atoms with Gasteiger partial charge in [-0.25, -0.2) is 8.78 Å². The van der Waals surface area contributed by atoms with E-state index in [2.05, 4.69) is 15.5 Å². The fourth-order valence-corrected chi connectivity index (χ4v) is 1.38. The molecule has 1 aromatic carbocycles. The molecule has 2 rings (SSSR count). The Morgan fingerprint density at radius 2 is 1.94 bits per heavy atom. The van der Waals surface area contributed by atoms with Crippen molar-refractivity contribution >= 4 is 17.4 Å². The van der Waals surface area contributed by atoms with Crippen LogP contribution in [0.3, 0.4) is 0 Å². The number of hydrogen-bond donors (Lipinski definition) is 1. The summed E-state index contributed by atoms with van der Waals surface area (Å²) in [7, 11) is 0. The lowest BCUT2D eigenvalue weighted by atomic mass is 10.2. The Balaban J connectivity index is 2.07. The van der Waals surface area contributed by atoms with E-state index in [1.807, 2.05) is 0 Å². The van der Waals surface area contributed by atoms with Crippen molar-refractivity contribution < 1.29 is 8.78 Å². The van der Waals surface area contributed by atoms with Crippen LogP contribution in [-0.4, -0.2) is 10.2 Å². The zero-order valence-corrected chi connectivity index (χ0v) is 9.38. The molecule has 0 fully saturated rings. The number of rotatable bonds is 3. The smallest absolute Gasteiger partial charge is 0.151 e. The average molecular weight is 256 g/mol. The number of nitrogens with zero attached hydrogens (tertiary/aromatic N) is 2. The second-order valence-corrected chi connectivity index (χ2v) is 3.72. The summed E-state index contributed by atoms with van der Waals surface area (Å²) in [5.74, 6) is -0.510. The predicted molar refractivity (Wildman–Crippen MR) is 60.7 cm³/mol. The van der Waals surface area contributed by atoms with Crippen LogP contribution in [0.25, 0.3) is 0 Å². The Bertz CT molecular complexity index is 517. The van der Waals surface area contributed by atoms with Gasteiger partial charge < -0.3 is 5.32 Å². The van der Waals surface area contributed by atoms with Gasteiger partial charge in [0.25, 0.3) is 0 Å². The number of halogens is 3. The molecule has 6 heteroatoms. The molecular weight excluding hydrogens is 248 g/mol. The Morgan fingerprint density at radius 1 is 1.12 bits per heavy atom. The van der Waals surface area contributed by atoms with Gasteiger partial charge in [0.2, 0.25) is 0 Å². The lowest BCUT2D eigenvalue weighted by Gasteiger charge is -2.06. The maximum absolute atomic E-state index is 13.3. The summed E-state index contributed by atoms with van der Waals surface area (Å²) in [6.45, 7) is 0.125. The molecule has 1 heterocycles. The zero-order valence-electron chi connectivity index (χ0n) is 8.62. The molecule has 0 saturated carbocycles. The maximum Gasteiger partial charge on any atom is 0.151 e. The Labute approximate surface area is 101 Å². The third kappa shape index (κ3) is 3.10. The van der Waals surface area contributed by atoms with E-state index in [-0.39, 0.29) is 17.3 Å². The molecule has 1 aromatic heterocycles. The van der Waals surface area contributed by atoms with Crippen molar-refractivity contribution in [3.8, 4) is 0 Å². The van der Waals surface area contributed by atoms with Crippen molar-refractivity contribution in [2.75, 3.05) is 5.32 Å². The highest BCUT2D eigenvalue weighted by molar-refractivity contribution is 6.29. The van der Waals surface area contributed by atoms with E-state index < -0.39 is 11.6 Å². The zero-order chi connectivity index (χ0) is 12.3. The molecule has 0 aliphatic heterocycles. The fourth-order valence-electron chi connectivity index (χ4n) is 1.27. The summed E-state index contributed by atoms with van der Waals surface area (Å²) in [6, 6.07) is 6.44. The minimum Gasteiger partial charge on any atom is -0.364 e. The predicted octanol–water partition coefficient (Wildman–Crippen LogP) is 3.02. The Kier molecular flexibility index (Phi) is 3.49. The molecule has 0 aliphatic rings. The molecule has 0 aliphatic carbocycles. The van der Waals surface area contributed by atoms with Crippen LogP contribution in [0.15, 0.2) is 30.3 Å². The molecule has 0 saturated heterocycles. The molecule has 1 N–H and O–H groups in total. The van der Waals surface area contributed by atoms with Crippen LogP contribution in [0, 0.1) is 11.6 Å². The van der Waals surface area contributed by atoms with Crippen LogP contribution in [0.4, 0.5) is 14.6 Å². The first kappa shape index (κ1) is 11.7. The monoisotopic (exact) mass is 255 g/mol. The van der Waals surface area contributed by atoms with Gasteiger partial charge >= 0.3 is 0 Å². The first-order valence-corrected chi connectivity index (χ1v) is 5.20. The molecule has 3 nitrogen and oxygen atoms in total. The van der Waals surface area contributed by atoms with Gasteiger partial charge in [-0.05, 0) is 30.3 Å². The van der Waals surface area contributed by atoms with Crippen LogP contribution < -0.4 is 5.32 Å². The van der Waals surface area contributed by atoms with E-state index in [4.69, 9.17) is 11.6 Å². The largest absolute Gasteiger partial charge is 0.364 e. The Morgan fingerprint density at radius 3 is 2.65 bits per heavy atom. The van der Waals surface area contributed by atoms with Gasteiger partial charge in [0.1, 0.15) is 17.5 Å². The molecular formula is C11H8ClF2N3. The molecule has 0 radical (unpaired) electrons. The van der Waals surface area contributed by atoms with E-state index in [0.29, 0.717) is 5.82 Å². The molecule has 17 heavy (non-hydrogen) atoms. The molecule has 2 aromatic rings. The highest BCUT2D eigenvalue weighted by atomic mass is 35.5. The lowest BCUT2D eigenvalue weighted by molar-refractivity contribution is 0.587. The average Bonchev–Trinajstić information content (AvgIpc) is 2.32. The first-order chi connectivity index (χ1) is 8.15. The van der Waals surface area contributed by atoms with E-state index in [9.17, 15) is 8.78 Å². The van der Waals surface area contributed by atoms with Gasteiger partial charge in [-0.15, -0.1) is 10.2 Å². The van der Waals surface area contributed by atoms with Crippen molar-refractivity contribution in [1.29, 1.82) is 0 Å². The summed E-state index contributed by atoms with van der Waals surface area (Å²) in [4.78, 5) is 0. The van der Waals surface area contributed by atoms with Crippen LogP contribution in [0.5, 0.6) is 0 Å². The maximum atomic E-state index is 13.3. The SMILES string of the molecule is Fc1ccc(F)c(CNc2ccc(Cl)nn2)c1. The molecule has 0 spiro atoms. The highest BCUT2D eigenvalue weighted by Gasteiger charge is 2.04. The van der Waals surface area contributed by atoms with E-state index in [1.54, 1.807) is 12.1 Å². The van der Waals surface area contributed by atoms with Gasteiger partial charge in [-0.3, -0.25) is 0 Å². The van der Waals surface area contributed by atoms with Crippen molar-refractivity contribution in [1.82, 2.24) is 10.2 Å². The van der Waals surface area contributed by atoms with Gasteiger partial charge in [0, 0.05) is 12.1 Å². The highest BCUT2D eigenvalue weighted by Crippen LogP contribution is 2.12. The molecule has 0 bridgehead atoms. The summed E-state index contributed by atoms with van der Waals surface area (Å²) in [6.07, 6.45) is 0. The first-order valence-electron chi connectivity index (χ1n) is 4.82. The number of anilines is 1. The molecule has 88 valence electrons. The van der Waals surface area contributed by atoms with Crippen LogP contribution >= 0.6 is 11.6 Å². The third-order valence-corrected chi connectivity index (χ3v) is 2.30. The Hall–Kier alpha value is -1.75. The number of nitrogens with one attached hydrogen (secondary N) is 1. The molecule has 0 unspecified atom stereocenters. The van der Waals surface area contributed by atoms with Crippen LogP contribution in [0.2, 0.25) is 5.15 Å². The van der Waals surface area contributed by atoms with Crippen LogP contribution in [0.1, 0.15) is 5.56 Å². The fraction of sp³-hybridized carbons (Fsp3) is 0.0909. The van der Waals surface area contributed by atoms with Crippen molar-refractivity contribution in [2.45, 2.75) is 6.54 Å². The number of benzene rings is 1. The minimum absolute atomic E-state index is 0.125. The van der Waals surface area contributed by atoms with Crippen molar-refractivity contribution in [3.63, 3.8) is 0 Å². The standard InChI is InChI=1S/C11H8ClF2N3/c12-10-3-4-11(17-16-10)15-6-7-5-8(13)1-2-9(7)14/h1-5H,6H2,(H,15,17). The van der Waals surface area contributed by atoms with Gasteiger partial charge in [-0.2, -0.15) is 0 Å². The summed E-state index contributed by atoms with van der Waals surface area (Å²) < 4.78 is 26.2. The minimum atomic E-state index is -0.481. The molecule has 0 atom stereocenters. The van der Waals surface area contributed by atoms with Gasteiger partial charge in [0.05, 0.1) is 0 Å². The van der Waals surface area contributed by atoms with E-state index in [1.165, 1.54) is 0 Å². The van der Waals surface area contributed by atoms with Crippen molar-refractivity contribution in [3.05, 3.63) is 52.7 Å². The second kappa shape index (κ2) is 5.05. The van der Waals surface area contributed by atoms with Crippen LogP contribution in [-0.2, 0) is 6.54 Å². The van der Waals surface area contributed by atoms with Crippen molar-refractivity contribution in [2.24, 2.45) is 0 Å². The number of aromatic nitrogens is 2. The number of hydrogen-bond acceptors (Lipinski definition) is 3. The second-order valence-electron chi connectivity index (χ2n) is 3.33. The normalized spacial score (nSPS) is 10.3. The summed E-state index contributed by atoms with van der Waals surface area (Å²) >= 11 is 5.56. The van der Waals surface area contributed by atoms with E-state index >= 15 is 0 Å². The van der Waals surface area contributed by atoms with E-state index in [0.717, 1.165) is 18.2 Å². The quantitative estimate of drug-likeness (QED) is 0.916.